The van der Waals surface area contributed by atoms with Gasteiger partial charge in [-0.25, -0.2) is 8.42 Å². The first-order valence-corrected chi connectivity index (χ1v) is 13.8. The number of ether oxygens (including phenoxy) is 2. The molecule has 5 rings (SSSR count). The number of aliphatic imine (C=N–C) groups is 1. The third kappa shape index (κ3) is 5.77. The lowest BCUT2D eigenvalue weighted by Gasteiger charge is -2.34. The van der Waals surface area contributed by atoms with Crippen LogP contribution in [0, 0.1) is 6.92 Å². The predicted octanol–water partition coefficient (Wildman–Crippen LogP) is 4.41. The zero-order chi connectivity index (χ0) is 25.8. The van der Waals surface area contributed by atoms with Gasteiger partial charge in [0.05, 0.1) is 17.7 Å². The highest BCUT2D eigenvalue weighted by Gasteiger charge is 2.28. The lowest BCUT2D eigenvalue weighted by atomic mass is 10.0. The Morgan fingerprint density at radius 2 is 1.62 bits per heavy atom. The van der Waals surface area contributed by atoms with Gasteiger partial charge in [-0.2, -0.15) is 4.31 Å². The van der Waals surface area contributed by atoms with E-state index in [0.717, 1.165) is 39.5 Å². The number of allylic oxidation sites excluding steroid dienone is 1. The Bertz CT molecular complexity index is 1410. The molecule has 0 saturated carbocycles. The zero-order valence-corrected chi connectivity index (χ0v) is 21.9. The Morgan fingerprint density at radius 1 is 0.919 bits per heavy atom. The van der Waals surface area contributed by atoms with Gasteiger partial charge in [0.2, 0.25) is 10.0 Å². The van der Waals surface area contributed by atoms with Crippen LogP contribution < -0.4 is 9.47 Å². The third-order valence-corrected chi connectivity index (χ3v) is 8.65. The zero-order valence-electron chi connectivity index (χ0n) is 21.1. The first-order chi connectivity index (χ1) is 17.9. The summed E-state index contributed by atoms with van der Waals surface area (Å²) in [5.41, 5.74) is 5.16. The van der Waals surface area contributed by atoms with E-state index in [1.807, 2.05) is 61.5 Å². The number of hydrogen-bond acceptors (Lipinski definition) is 6. The van der Waals surface area contributed by atoms with Gasteiger partial charge in [-0.05, 0) is 61.0 Å². The topological polar surface area (TPSA) is 71.4 Å². The fourth-order valence-electron chi connectivity index (χ4n) is 4.43. The van der Waals surface area contributed by atoms with Crippen LogP contribution in [-0.2, 0) is 23.2 Å². The summed E-state index contributed by atoms with van der Waals surface area (Å²) in [4.78, 5) is 6.96. The van der Waals surface area contributed by atoms with Crippen LogP contribution in [0.1, 0.15) is 22.3 Å². The standard InChI is InChI=1S/C29H31N3O4S/c1-22-3-10-27(11-4-22)37(33,34)32-17-15-31(16-18-32)20-25-19-24(28-13-14-30-28)7-12-29(25)36-21-23-5-8-26(35-2)9-6-23/h3-14,19H,15-18,20-21H2,1-2H3. The van der Waals surface area contributed by atoms with Gasteiger partial charge >= 0.3 is 0 Å². The summed E-state index contributed by atoms with van der Waals surface area (Å²) in [5, 5.41) is 0. The van der Waals surface area contributed by atoms with E-state index in [1.165, 1.54) is 0 Å². The van der Waals surface area contributed by atoms with Crippen molar-refractivity contribution >= 4 is 15.7 Å². The van der Waals surface area contributed by atoms with Crippen LogP contribution in [0.5, 0.6) is 11.5 Å². The molecule has 0 aromatic heterocycles. The smallest absolute Gasteiger partial charge is 0.243 e. The van der Waals surface area contributed by atoms with E-state index in [2.05, 4.69) is 16.0 Å². The van der Waals surface area contributed by atoms with Crippen LogP contribution in [0.3, 0.4) is 0 Å². The maximum Gasteiger partial charge on any atom is 0.243 e. The number of rotatable bonds is 9. The van der Waals surface area contributed by atoms with E-state index in [-0.39, 0.29) is 0 Å². The van der Waals surface area contributed by atoms with Crippen LogP contribution >= 0.6 is 0 Å². The molecule has 0 unspecified atom stereocenters. The molecule has 8 heteroatoms. The second-order valence-corrected chi connectivity index (χ2v) is 11.2. The summed E-state index contributed by atoms with van der Waals surface area (Å²) < 4.78 is 39.3. The summed E-state index contributed by atoms with van der Waals surface area (Å²) in [6.45, 7) is 5.26. The van der Waals surface area contributed by atoms with Crippen molar-refractivity contribution in [1.29, 1.82) is 0 Å². The molecule has 0 spiro atoms. The third-order valence-electron chi connectivity index (χ3n) is 6.74. The van der Waals surface area contributed by atoms with Gasteiger partial charge in [-0.1, -0.05) is 29.8 Å². The molecule has 7 nitrogen and oxygen atoms in total. The van der Waals surface area contributed by atoms with Crippen LogP contribution in [-0.4, -0.2) is 56.6 Å². The average molecular weight is 518 g/mol. The lowest BCUT2D eigenvalue weighted by Crippen LogP contribution is -2.48. The second-order valence-electron chi connectivity index (χ2n) is 9.28. The van der Waals surface area contributed by atoms with Crippen molar-refractivity contribution in [2.75, 3.05) is 33.3 Å². The minimum Gasteiger partial charge on any atom is -0.497 e. The monoisotopic (exact) mass is 517 g/mol. The molecule has 3 aromatic rings. The molecule has 0 N–H and O–H groups in total. The normalized spacial score (nSPS) is 16.2. The summed E-state index contributed by atoms with van der Waals surface area (Å²) in [7, 11) is -1.84. The molecule has 2 aliphatic rings. The number of benzene rings is 3. The highest BCUT2D eigenvalue weighted by atomic mass is 32.2. The molecule has 2 heterocycles. The molecule has 0 radical (unpaired) electrons. The molecular formula is C29H31N3O4S. The molecule has 2 aliphatic heterocycles. The Hall–Kier alpha value is -3.46. The van der Waals surface area contributed by atoms with Gasteiger partial charge in [0.15, 0.2) is 0 Å². The SMILES string of the molecule is COc1ccc(COc2ccc(C3=NC=C3)cc2CN2CCN(S(=O)(=O)c3ccc(C)cc3)CC2)cc1. The van der Waals surface area contributed by atoms with Crippen LogP contribution in [0.2, 0.25) is 0 Å². The Morgan fingerprint density at radius 3 is 2.24 bits per heavy atom. The summed E-state index contributed by atoms with van der Waals surface area (Å²) in [6, 6.07) is 21.0. The molecule has 0 amide bonds. The van der Waals surface area contributed by atoms with Crippen molar-refractivity contribution < 1.29 is 17.9 Å². The molecule has 0 aliphatic carbocycles. The number of methoxy groups -OCH3 is 1. The first-order valence-electron chi connectivity index (χ1n) is 12.3. The Kier molecular flexibility index (Phi) is 7.41. The van der Waals surface area contributed by atoms with E-state index < -0.39 is 10.0 Å². The molecule has 0 atom stereocenters. The molecule has 0 bridgehead atoms. The maximum atomic E-state index is 13.1. The Balaban J connectivity index is 1.27. The van der Waals surface area contributed by atoms with E-state index in [4.69, 9.17) is 9.47 Å². The van der Waals surface area contributed by atoms with Gasteiger partial charge in [0.1, 0.15) is 18.1 Å². The minimum absolute atomic E-state index is 0.350. The minimum atomic E-state index is -3.49. The van der Waals surface area contributed by atoms with Crippen LogP contribution in [0.4, 0.5) is 0 Å². The molecular weight excluding hydrogens is 486 g/mol. The number of aryl methyl sites for hydroxylation is 1. The van der Waals surface area contributed by atoms with Gasteiger partial charge in [-0.15, -0.1) is 0 Å². The fraction of sp³-hybridized carbons (Fsp3) is 0.276. The van der Waals surface area contributed by atoms with Crippen molar-refractivity contribution in [1.82, 2.24) is 9.21 Å². The first kappa shape index (κ1) is 25.2. The van der Waals surface area contributed by atoms with E-state index in [0.29, 0.717) is 44.2 Å². The van der Waals surface area contributed by atoms with Gasteiger partial charge in [0.25, 0.3) is 0 Å². The lowest BCUT2D eigenvalue weighted by molar-refractivity contribution is 0.178. The van der Waals surface area contributed by atoms with Crippen molar-refractivity contribution in [2.45, 2.75) is 25.0 Å². The quantitative estimate of drug-likeness (QED) is 0.421. The predicted molar refractivity (Wildman–Crippen MR) is 145 cm³/mol. The molecule has 1 fully saturated rings. The molecule has 192 valence electrons. The second kappa shape index (κ2) is 10.9. The number of nitrogens with zero attached hydrogens (tertiary/aromatic N) is 3. The van der Waals surface area contributed by atoms with Gasteiger partial charge in [0, 0.05) is 50.1 Å². The van der Waals surface area contributed by atoms with Gasteiger partial charge < -0.3 is 9.47 Å². The number of sulfonamides is 1. The van der Waals surface area contributed by atoms with Gasteiger partial charge in [-0.3, -0.25) is 9.89 Å². The largest absolute Gasteiger partial charge is 0.497 e. The van der Waals surface area contributed by atoms with E-state index in [9.17, 15) is 8.42 Å². The van der Waals surface area contributed by atoms with E-state index >= 15 is 0 Å². The molecule has 1 saturated heterocycles. The summed E-state index contributed by atoms with van der Waals surface area (Å²) >= 11 is 0. The van der Waals surface area contributed by atoms with Crippen molar-refractivity contribution in [2.24, 2.45) is 4.99 Å². The average Bonchev–Trinajstić information content (AvgIpc) is 2.88. The van der Waals surface area contributed by atoms with E-state index in [1.54, 1.807) is 29.7 Å². The van der Waals surface area contributed by atoms with Crippen LogP contribution in [0.15, 0.2) is 88.9 Å². The molecule has 37 heavy (non-hydrogen) atoms. The van der Waals surface area contributed by atoms with Crippen molar-refractivity contribution in [3.8, 4) is 11.5 Å². The highest BCUT2D eigenvalue weighted by Crippen LogP contribution is 2.26. The fourth-order valence-corrected chi connectivity index (χ4v) is 5.86. The van der Waals surface area contributed by atoms with Crippen molar-refractivity contribution in [3.63, 3.8) is 0 Å². The van der Waals surface area contributed by atoms with Crippen molar-refractivity contribution in [3.05, 3.63) is 101 Å². The number of hydrogen-bond donors (Lipinski definition) is 0. The van der Waals surface area contributed by atoms with Crippen LogP contribution in [0.25, 0.3) is 0 Å². The number of piperazine rings is 1. The summed E-state index contributed by atoms with van der Waals surface area (Å²) in [6.07, 6.45) is 3.78. The molecule has 3 aromatic carbocycles. The summed E-state index contributed by atoms with van der Waals surface area (Å²) in [5.74, 6) is 1.63. The Labute approximate surface area is 218 Å². The maximum absolute atomic E-state index is 13.1. The highest BCUT2D eigenvalue weighted by molar-refractivity contribution is 7.89.